The molecule has 3 N–H and O–H groups in total. The summed E-state index contributed by atoms with van der Waals surface area (Å²) in [6, 6.07) is 5.35. The van der Waals surface area contributed by atoms with Crippen molar-refractivity contribution in [2.45, 2.75) is 32.4 Å². The number of aliphatic hydroxyl groups excluding tert-OH is 1. The third kappa shape index (κ3) is 5.36. The Labute approximate surface area is 117 Å². The Hall–Kier alpha value is -1.95. The van der Waals surface area contributed by atoms with E-state index in [0.717, 1.165) is 0 Å². The van der Waals surface area contributed by atoms with Crippen molar-refractivity contribution in [3.05, 3.63) is 35.6 Å². The molecule has 0 radical (unpaired) electrons. The van der Waals surface area contributed by atoms with Crippen LogP contribution in [0.2, 0.25) is 0 Å². The molecule has 2 amide bonds. The van der Waals surface area contributed by atoms with Crippen molar-refractivity contribution in [2.75, 3.05) is 6.54 Å². The number of nitrogens with one attached hydrogen (secondary N) is 2. The first-order chi connectivity index (χ1) is 9.40. The van der Waals surface area contributed by atoms with E-state index in [1.54, 1.807) is 19.9 Å². The smallest absolute Gasteiger partial charge is 0.254 e. The highest BCUT2D eigenvalue weighted by Gasteiger charge is 2.13. The van der Waals surface area contributed by atoms with E-state index in [2.05, 4.69) is 10.6 Å². The molecule has 0 spiro atoms. The van der Waals surface area contributed by atoms with Crippen LogP contribution in [-0.4, -0.2) is 35.6 Å². The second kappa shape index (κ2) is 7.59. The molecule has 1 aromatic carbocycles. The van der Waals surface area contributed by atoms with Crippen molar-refractivity contribution in [3.8, 4) is 0 Å². The fraction of sp³-hybridized carbons (Fsp3) is 0.429. The molecule has 0 heterocycles. The lowest BCUT2D eigenvalue weighted by molar-refractivity contribution is -0.120. The van der Waals surface area contributed by atoms with Crippen LogP contribution in [0.4, 0.5) is 4.39 Å². The topological polar surface area (TPSA) is 78.4 Å². The van der Waals surface area contributed by atoms with Crippen LogP contribution in [0.25, 0.3) is 0 Å². The van der Waals surface area contributed by atoms with Crippen LogP contribution in [0.5, 0.6) is 0 Å². The van der Waals surface area contributed by atoms with E-state index < -0.39 is 17.8 Å². The van der Waals surface area contributed by atoms with Gasteiger partial charge in [-0.25, -0.2) is 4.39 Å². The SMILES string of the molecule is CC(O)CC(C)NC(=O)CNC(=O)c1ccccc1F. The van der Waals surface area contributed by atoms with Crippen LogP contribution in [0.15, 0.2) is 24.3 Å². The van der Waals surface area contributed by atoms with E-state index in [-0.39, 0.29) is 24.1 Å². The molecular formula is C14H19FN2O3. The van der Waals surface area contributed by atoms with E-state index in [1.807, 2.05) is 0 Å². The van der Waals surface area contributed by atoms with Crippen molar-refractivity contribution in [1.82, 2.24) is 10.6 Å². The van der Waals surface area contributed by atoms with Crippen molar-refractivity contribution in [3.63, 3.8) is 0 Å². The summed E-state index contributed by atoms with van der Waals surface area (Å²) in [5, 5.41) is 14.1. The number of amides is 2. The molecule has 0 aliphatic heterocycles. The minimum Gasteiger partial charge on any atom is -0.393 e. The maximum absolute atomic E-state index is 13.3. The molecule has 6 heteroatoms. The van der Waals surface area contributed by atoms with Gasteiger partial charge >= 0.3 is 0 Å². The Morgan fingerprint density at radius 1 is 1.30 bits per heavy atom. The zero-order valence-electron chi connectivity index (χ0n) is 11.5. The number of hydrogen-bond donors (Lipinski definition) is 3. The minimum atomic E-state index is -0.638. The zero-order chi connectivity index (χ0) is 15.1. The fourth-order valence-electron chi connectivity index (χ4n) is 1.80. The average Bonchev–Trinajstić information content (AvgIpc) is 2.35. The van der Waals surface area contributed by atoms with Crippen molar-refractivity contribution in [2.24, 2.45) is 0 Å². The van der Waals surface area contributed by atoms with Gasteiger partial charge < -0.3 is 15.7 Å². The second-order valence-electron chi connectivity index (χ2n) is 4.72. The summed E-state index contributed by atoms with van der Waals surface area (Å²) >= 11 is 0. The lowest BCUT2D eigenvalue weighted by Crippen LogP contribution is -2.41. The summed E-state index contributed by atoms with van der Waals surface area (Å²) in [6.07, 6.45) is -0.0918. The molecule has 0 saturated heterocycles. The van der Waals surface area contributed by atoms with Crippen LogP contribution in [0, 0.1) is 5.82 Å². The van der Waals surface area contributed by atoms with Crippen molar-refractivity contribution >= 4 is 11.8 Å². The lowest BCUT2D eigenvalue weighted by Gasteiger charge is -2.15. The number of halogens is 1. The van der Waals surface area contributed by atoms with E-state index in [4.69, 9.17) is 0 Å². The third-order valence-electron chi connectivity index (χ3n) is 2.63. The number of rotatable bonds is 6. The Bertz CT molecular complexity index is 477. The van der Waals surface area contributed by atoms with Crippen LogP contribution >= 0.6 is 0 Å². The zero-order valence-corrected chi connectivity index (χ0v) is 11.5. The molecule has 1 rings (SSSR count). The number of carbonyl (C=O) groups excluding carboxylic acids is 2. The maximum Gasteiger partial charge on any atom is 0.254 e. The van der Waals surface area contributed by atoms with Crippen LogP contribution in [-0.2, 0) is 4.79 Å². The first-order valence-corrected chi connectivity index (χ1v) is 6.40. The van der Waals surface area contributed by atoms with Crippen LogP contribution < -0.4 is 10.6 Å². The predicted molar refractivity (Wildman–Crippen MR) is 72.6 cm³/mol. The Morgan fingerprint density at radius 2 is 1.95 bits per heavy atom. The van der Waals surface area contributed by atoms with Gasteiger partial charge in [-0.15, -0.1) is 0 Å². The molecule has 2 unspecified atom stereocenters. The van der Waals surface area contributed by atoms with Gasteiger partial charge in [-0.3, -0.25) is 9.59 Å². The van der Waals surface area contributed by atoms with Gasteiger partial charge in [-0.1, -0.05) is 12.1 Å². The first kappa shape index (κ1) is 16.1. The summed E-state index contributed by atoms with van der Waals surface area (Å²) in [6.45, 7) is 3.14. The van der Waals surface area contributed by atoms with Gasteiger partial charge in [-0.2, -0.15) is 0 Å². The number of carbonyl (C=O) groups is 2. The van der Waals surface area contributed by atoms with Gasteiger partial charge in [0.1, 0.15) is 5.82 Å². The molecule has 2 atom stereocenters. The standard InChI is InChI=1S/C14H19FN2O3/c1-9(7-10(2)18)17-13(19)8-16-14(20)11-5-3-4-6-12(11)15/h3-6,9-10,18H,7-8H2,1-2H3,(H,16,20)(H,17,19). The summed E-state index contributed by atoms with van der Waals surface area (Å²) in [5.74, 6) is -1.66. The molecule has 0 fully saturated rings. The number of aliphatic hydroxyl groups is 1. The highest BCUT2D eigenvalue weighted by Crippen LogP contribution is 2.05. The van der Waals surface area contributed by atoms with Crippen molar-refractivity contribution in [1.29, 1.82) is 0 Å². The second-order valence-corrected chi connectivity index (χ2v) is 4.72. The fourth-order valence-corrected chi connectivity index (χ4v) is 1.80. The summed E-state index contributed by atoms with van der Waals surface area (Å²) in [7, 11) is 0. The van der Waals surface area contributed by atoms with E-state index in [0.29, 0.717) is 6.42 Å². The van der Waals surface area contributed by atoms with Gasteiger partial charge in [-0.05, 0) is 32.4 Å². The normalized spacial score (nSPS) is 13.4. The van der Waals surface area contributed by atoms with Crippen LogP contribution in [0.3, 0.4) is 0 Å². The Balaban J connectivity index is 2.41. The van der Waals surface area contributed by atoms with E-state index in [1.165, 1.54) is 18.2 Å². The van der Waals surface area contributed by atoms with E-state index >= 15 is 0 Å². The highest BCUT2D eigenvalue weighted by atomic mass is 19.1. The molecule has 0 aliphatic carbocycles. The van der Waals surface area contributed by atoms with Gasteiger partial charge in [0, 0.05) is 6.04 Å². The van der Waals surface area contributed by atoms with Gasteiger partial charge in [0.25, 0.3) is 5.91 Å². The maximum atomic E-state index is 13.3. The number of hydrogen-bond acceptors (Lipinski definition) is 3. The molecule has 5 nitrogen and oxygen atoms in total. The number of benzene rings is 1. The van der Waals surface area contributed by atoms with Crippen molar-refractivity contribution < 1.29 is 19.1 Å². The molecular weight excluding hydrogens is 263 g/mol. The largest absolute Gasteiger partial charge is 0.393 e. The van der Waals surface area contributed by atoms with Gasteiger partial charge in [0.15, 0.2) is 0 Å². The summed E-state index contributed by atoms with van der Waals surface area (Å²) < 4.78 is 13.3. The molecule has 0 aliphatic rings. The molecule has 110 valence electrons. The lowest BCUT2D eigenvalue weighted by atomic mass is 10.1. The molecule has 0 aromatic heterocycles. The summed E-state index contributed by atoms with van der Waals surface area (Å²) in [5.41, 5.74) is -0.0997. The molecule has 0 saturated carbocycles. The first-order valence-electron chi connectivity index (χ1n) is 6.40. The Kier molecular flexibility index (Phi) is 6.11. The molecule has 0 bridgehead atoms. The predicted octanol–water partition coefficient (Wildman–Crippen LogP) is 0.831. The highest BCUT2D eigenvalue weighted by molar-refractivity contribution is 5.96. The quantitative estimate of drug-likeness (QED) is 0.723. The minimum absolute atomic E-state index is 0.0997. The van der Waals surface area contributed by atoms with Gasteiger partial charge in [0.2, 0.25) is 5.91 Å². The third-order valence-corrected chi connectivity index (χ3v) is 2.63. The molecule has 20 heavy (non-hydrogen) atoms. The average molecular weight is 282 g/mol. The van der Waals surface area contributed by atoms with Gasteiger partial charge in [0.05, 0.1) is 18.2 Å². The van der Waals surface area contributed by atoms with E-state index in [9.17, 15) is 19.1 Å². The summed E-state index contributed by atoms with van der Waals surface area (Å²) in [4.78, 5) is 23.2. The monoisotopic (exact) mass is 282 g/mol. The molecule has 1 aromatic rings. The van der Waals surface area contributed by atoms with Crippen LogP contribution in [0.1, 0.15) is 30.6 Å². The Morgan fingerprint density at radius 3 is 2.55 bits per heavy atom.